The van der Waals surface area contributed by atoms with Gasteiger partial charge in [-0.05, 0) is 29.8 Å². The normalized spacial score (nSPS) is 12.5. The summed E-state index contributed by atoms with van der Waals surface area (Å²) < 4.78 is 23.4. The van der Waals surface area contributed by atoms with Crippen molar-refractivity contribution in [1.82, 2.24) is 4.98 Å². The van der Waals surface area contributed by atoms with Crippen LogP contribution in [-0.2, 0) is 6.54 Å². The predicted molar refractivity (Wildman–Crippen MR) is 69.1 cm³/mol. The lowest BCUT2D eigenvalue weighted by Crippen LogP contribution is -2.02. The molecule has 0 spiro atoms. The molecule has 0 unspecified atom stereocenters. The van der Waals surface area contributed by atoms with Crippen molar-refractivity contribution >= 4 is 17.4 Å². The van der Waals surface area contributed by atoms with Gasteiger partial charge in [0, 0.05) is 6.54 Å². The van der Waals surface area contributed by atoms with Crippen molar-refractivity contribution in [3.8, 4) is 11.5 Å². The van der Waals surface area contributed by atoms with Crippen LogP contribution in [0, 0.1) is 5.95 Å². The van der Waals surface area contributed by atoms with Gasteiger partial charge in [0.15, 0.2) is 11.5 Å². The summed E-state index contributed by atoms with van der Waals surface area (Å²) >= 11 is 6.07. The minimum absolute atomic E-state index is 0.178. The predicted octanol–water partition coefficient (Wildman–Crippen LogP) is 3.21. The van der Waals surface area contributed by atoms with Crippen LogP contribution in [0.4, 0.5) is 10.2 Å². The van der Waals surface area contributed by atoms with Crippen LogP contribution in [-0.4, -0.2) is 11.8 Å². The molecule has 2 heterocycles. The summed E-state index contributed by atoms with van der Waals surface area (Å²) in [7, 11) is 0. The maximum Gasteiger partial charge on any atom is 0.231 e. The number of aromatic nitrogens is 1. The van der Waals surface area contributed by atoms with Gasteiger partial charge in [0.2, 0.25) is 12.7 Å². The van der Waals surface area contributed by atoms with Gasteiger partial charge in [0.1, 0.15) is 5.82 Å². The first-order valence-electron chi connectivity index (χ1n) is 5.67. The van der Waals surface area contributed by atoms with Crippen molar-refractivity contribution in [3.63, 3.8) is 0 Å². The zero-order chi connectivity index (χ0) is 13.2. The second kappa shape index (κ2) is 4.93. The first kappa shape index (κ1) is 12.0. The zero-order valence-electron chi connectivity index (χ0n) is 9.82. The summed E-state index contributed by atoms with van der Waals surface area (Å²) in [6.07, 6.45) is 0. The zero-order valence-corrected chi connectivity index (χ0v) is 10.6. The van der Waals surface area contributed by atoms with Crippen LogP contribution in [0.25, 0.3) is 0 Å². The van der Waals surface area contributed by atoms with E-state index in [0.29, 0.717) is 28.9 Å². The Morgan fingerprint density at radius 1 is 1.32 bits per heavy atom. The first-order valence-corrected chi connectivity index (χ1v) is 6.04. The van der Waals surface area contributed by atoms with Crippen LogP contribution >= 0.6 is 11.6 Å². The Hall–Kier alpha value is -2.01. The Bertz CT molecular complexity index is 622. The number of hydrogen-bond donors (Lipinski definition) is 1. The largest absolute Gasteiger partial charge is 0.454 e. The Labute approximate surface area is 114 Å². The van der Waals surface area contributed by atoms with E-state index in [0.717, 1.165) is 5.56 Å². The third-order valence-corrected chi connectivity index (χ3v) is 2.96. The van der Waals surface area contributed by atoms with Crippen LogP contribution in [0.2, 0.25) is 5.02 Å². The molecule has 98 valence electrons. The van der Waals surface area contributed by atoms with Crippen molar-refractivity contribution in [2.45, 2.75) is 6.54 Å². The van der Waals surface area contributed by atoms with Crippen molar-refractivity contribution in [2.24, 2.45) is 0 Å². The molecule has 4 nitrogen and oxygen atoms in total. The van der Waals surface area contributed by atoms with Gasteiger partial charge in [-0.15, -0.1) is 0 Å². The maximum atomic E-state index is 12.9. The highest BCUT2D eigenvalue weighted by Crippen LogP contribution is 2.39. The Morgan fingerprint density at radius 2 is 2.21 bits per heavy atom. The molecule has 1 aromatic heterocycles. The molecule has 3 rings (SSSR count). The van der Waals surface area contributed by atoms with Crippen LogP contribution in [0.5, 0.6) is 11.5 Å². The van der Waals surface area contributed by atoms with Crippen molar-refractivity contribution in [2.75, 3.05) is 12.1 Å². The van der Waals surface area contributed by atoms with Gasteiger partial charge in [-0.2, -0.15) is 4.39 Å². The van der Waals surface area contributed by atoms with E-state index in [1.165, 1.54) is 6.07 Å². The van der Waals surface area contributed by atoms with E-state index in [1.807, 2.05) is 6.07 Å². The number of rotatable bonds is 3. The molecule has 1 aliphatic heterocycles. The molecular weight excluding hydrogens is 271 g/mol. The number of nitrogens with zero attached hydrogens (tertiary/aromatic N) is 1. The summed E-state index contributed by atoms with van der Waals surface area (Å²) in [6, 6.07) is 8.19. The quantitative estimate of drug-likeness (QED) is 0.877. The number of anilines is 1. The van der Waals surface area contributed by atoms with E-state index in [4.69, 9.17) is 21.1 Å². The van der Waals surface area contributed by atoms with Gasteiger partial charge >= 0.3 is 0 Å². The molecule has 0 saturated heterocycles. The van der Waals surface area contributed by atoms with Crippen molar-refractivity contribution in [1.29, 1.82) is 0 Å². The summed E-state index contributed by atoms with van der Waals surface area (Å²) in [5.41, 5.74) is 0.903. The number of benzene rings is 1. The Balaban J connectivity index is 1.76. The maximum absolute atomic E-state index is 12.9. The van der Waals surface area contributed by atoms with E-state index in [9.17, 15) is 4.39 Å². The molecule has 0 aliphatic carbocycles. The SMILES string of the molecule is Fc1cccc(NCc2cc(Cl)c3c(c2)OCO3)n1. The van der Waals surface area contributed by atoms with E-state index >= 15 is 0 Å². The minimum Gasteiger partial charge on any atom is -0.454 e. The van der Waals surface area contributed by atoms with Crippen LogP contribution < -0.4 is 14.8 Å². The number of fused-ring (bicyclic) bond motifs is 1. The number of halogens is 2. The fraction of sp³-hybridized carbons (Fsp3) is 0.154. The topological polar surface area (TPSA) is 43.4 Å². The summed E-state index contributed by atoms with van der Waals surface area (Å²) in [5.74, 6) is 1.13. The molecular formula is C13H10ClFN2O2. The van der Waals surface area contributed by atoms with Crippen LogP contribution in [0.15, 0.2) is 30.3 Å². The summed E-state index contributed by atoms with van der Waals surface area (Å²) in [4.78, 5) is 3.72. The number of nitrogens with one attached hydrogen (secondary N) is 1. The lowest BCUT2D eigenvalue weighted by atomic mass is 10.2. The lowest BCUT2D eigenvalue weighted by molar-refractivity contribution is 0.174. The molecule has 1 N–H and O–H groups in total. The molecule has 0 bridgehead atoms. The number of pyridine rings is 1. The highest BCUT2D eigenvalue weighted by molar-refractivity contribution is 6.32. The van der Waals surface area contributed by atoms with Gasteiger partial charge in [-0.1, -0.05) is 17.7 Å². The molecule has 6 heteroatoms. The summed E-state index contributed by atoms with van der Waals surface area (Å²) in [5, 5.41) is 3.51. The Kier molecular flexibility index (Phi) is 3.13. The van der Waals surface area contributed by atoms with Crippen LogP contribution in [0.1, 0.15) is 5.56 Å². The van der Waals surface area contributed by atoms with Gasteiger partial charge in [0.25, 0.3) is 0 Å². The molecule has 0 atom stereocenters. The van der Waals surface area contributed by atoms with Gasteiger partial charge in [-0.25, -0.2) is 4.98 Å². The fourth-order valence-corrected chi connectivity index (χ4v) is 2.11. The third kappa shape index (κ3) is 2.56. The highest BCUT2D eigenvalue weighted by atomic mass is 35.5. The number of hydrogen-bond acceptors (Lipinski definition) is 4. The van der Waals surface area contributed by atoms with Gasteiger partial charge in [0.05, 0.1) is 5.02 Å². The second-order valence-electron chi connectivity index (χ2n) is 4.01. The van der Waals surface area contributed by atoms with E-state index in [-0.39, 0.29) is 6.79 Å². The molecule has 0 radical (unpaired) electrons. The molecule has 0 saturated carbocycles. The molecule has 19 heavy (non-hydrogen) atoms. The van der Waals surface area contributed by atoms with E-state index in [2.05, 4.69) is 10.3 Å². The molecule has 1 aliphatic rings. The highest BCUT2D eigenvalue weighted by Gasteiger charge is 2.18. The van der Waals surface area contributed by atoms with Gasteiger partial charge < -0.3 is 14.8 Å². The van der Waals surface area contributed by atoms with E-state index in [1.54, 1.807) is 18.2 Å². The standard InChI is InChI=1S/C13H10ClFN2O2/c14-9-4-8(5-10-13(9)19-7-18-10)6-16-12-3-1-2-11(15)17-12/h1-5H,6-7H2,(H,16,17). The van der Waals surface area contributed by atoms with Crippen molar-refractivity contribution < 1.29 is 13.9 Å². The monoisotopic (exact) mass is 280 g/mol. The molecule has 2 aromatic rings. The Morgan fingerprint density at radius 3 is 3.05 bits per heavy atom. The molecule has 0 fully saturated rings. The first-order chi connectivity index (χ1) is 9.22. The molecule has 1 aromatic carbocycles. The molecule has 0 amide bonds. The smallest absolute Gasteiger partial charge is 0.231 e. The lowest BCUT2D eigenvalue weighted by Gasteiger charge is -2.07. The minimum atomic E-state index is -0.520. The van der Waals surface area contributed by atoms with Crippen LogP contribution in [0.3, 0.4) is 0 Å². The fourth-order valence-electron chi connectivity index (χ4n) is 1.82. The summed E-state index contributed by atoms with van der Waals surface area (Å²) in [6.45, 7) is 0.643. The van der Waals surface area contributed by atoms with Crippen molar-refractivity contribution in [3.05, 3.63) is 46.9 Å². The average Bonchev–Trinajstić information content (AvgIpc) is 2.85. The average molecular weight is 281 g/mol. The third-order valence-electron chi connectivity index (χ3n) is 2.68. The second-order valence-corrected chi connectivity index (χ2v) is 4.42. The van der Waals surface area contributed by atoms with Gasteiger partial charge in [-0.3, -0.25) is 0 Å². The van der Waals surface area contributed by atoms with E-state index < -0.39 is 5.95 Å². The number of ether oxygens (including phenoxy) is 2.